The molecule has 0 saturated heterocycles. The number of rotatable bonds is 6. The normalized spacial score (nSPS) is 9.83. The van der Waals surface area contributed by atoms with Crippen LogP contribution < -0.4 is 5.32 Å². The summed E-state index contributed by atoms with van der Waals surface area (Å²) in [7, 11) is 0. The van der Waals surface area contributed by atoms with E-state index in [1.807, 2.05) is 6.07 Å². The molecule has 2 aromatic rings. The number of hydrogen-bond donors (Lipinski definition) is 1. The van der Waals surface area contributed by atoms with Crippen molar-refractivity contribution in [2.45, 2.75) is 6.42 Å². The van der Waals surface area contributed by atoms with Gasteiger partial charge < -0.3 is 10.1 Å². The van der Waals surface area contributed by atoms with Crippen molar-refractivity contribution in [2.24, 2.45) is 0 Å². The molecule has 0 unspecified atom stereocenters. The van der Waals surface area contributed by atoms with Crippen LogP contribution in [0.1, 0.15) is 21.5 Å². The number of nitrogens with zero attached hydrogens (tertiary/aromatic N) is 1. The van der Waals surface area contributed by atoms with Gasteiger partial charge in [-0.05, 0) is 42.3 Å². The third kappa shape index (κ3) is 4.92. The van der Waals surface area contributed by atoms with Gasteiger partial charge in [-0.1, -0.05) is 18.2 Å². The number of esters is 1. The van der Waals surface area contributed by atoms with Gasteiger partial charge in [0.15, 0.2) is 6.61 Å². The largest absolute Gasteiger partial charge is 0.452 e. The van der Waals surface area contributed by atoms with Crippen LogP contribution in [-0.4, -0.2) is 25.0 Å². The Morgan fingerprint density at radius 1 is 1.12 bits per heavy atom. The molecule has 0 atom stereocenters. The van der Waals surface area contributed by atoms with Gasteiger partial charge in [-0.25, -0.2) is 9.18 Å². The van der Waals surface area contributed by atoms with E-state index in [0.717, 1.165) is 0 Å². The second-order valence-corrected chi connectivity index (χ2v) is 4.96. The highest BCUT2D eigenvalue weighted by Gasteiger charge is 2.10. The molecule has 0 aliphatic carbocycles. The average Bonchev–Trinajstić information content (AvgIpc) is 2.61. The van der Waals surface area contributed by atoms with Gasteiger partial charge in [-0.2, -0.15) is 5.26 Å². The first kappa shape index (κ1) is 17.2. The monoisotopic (exact) mass is 326 g/mol. The van der Waals surface area contributed by atoms with Gasteiger partial charge in [0, 0.05) is 6.54 Å². The average molecular weight is 326 g/mol. The molecule has 0 aliphatic heterocycles. The van der Waals surface area contributed by atoms with Crippen LogP contribution in [0.3, 0.4) is 0 Å². The summed E-state index contributed by atoms with van der Waals surface area (Å²) in [5.41, 5.74) is 1.19. The number of carbonyl (C=O) groups is 2. The summed E-state index contributed by atoms with van der Waals surface area (Å²) in [4.78, 5) is 23.4. The summed E-state index contributed by atoms with van der Waals surface area (Å²) in [6.07, 6.45) is 0.349. The van der Waals surface area contributed by atoms with Gasteiger partial charge >= 0.3 is 5.97 Å². The Balaban J connectivity index is 1.73. The summed E-state index contributed by atoms with van der Waals surface area (Å²) in [5.74, 6) is -1.43. The third-order valence-corrected chi connectivity index (χ3v) is 3.26. The predicted molar refractivity (Wildman–Crippen MR) is 84.6 cm³/mol. The highest BCUT2D eigenvalue weighted by molar-refractivity contribution is 5.91. The molecule has 0 aliphatic rings. The van der Waals surface area contributed by atoms with E-state index in [-0.39, 0.29) is 17.9 Å². The van der Waals surface area contributed by atoms with E-state index in [1.165, 1.54) is 30.3 Å². The van der Waals surface area contributed by atoms with Crippen LogP contribution in [0.25, 0.3) is 0 Å². The lowest BCUT2D eigenvalue weighted by atomic mass is 10.1. The topological polar surface area (TPSA) is 79.2 Å². The Bertz CT molecular complexity index is 767. The predicted octanol–water partition coefficient (Wildman–Crippen LogP) is 2.21. The Morgan fingerprint density at radius 2 is 1.83 bits per heavy atom. The van der Waals surface area contributed by atoms with Crippen molar-refractivity contribution < 1.29 is 18.7 Å². The van der Waals surface area contributed by atoms with Crippen LogP contribution in [-0.2, 0) is 16.0 Å². The molecule has 0 heterocycles. The Hall–Kier alpha value is -3.20. The lowest BCUT2D eigenvalue weighted by molar-refractivity contribution is -0.124. The standard InChI is InChI=1S/C18H15FN2O3/c19-16-4-2-1-3-14(16)9-10-21-17(22)12-24-18(23)15-7-5-13(11-20)6-8-15/h1-8H,9-10,12H2,(H,21,22). The molecule has 0 saturated carbocycles. The molecule has 2 aromatic carbocycles. The van der Waals surface area contributed by atoms with Gasteiger partial charge in [0.05, 0.1) is 17.2 Å². The van der Waals surface area contributed by atoms with Crippen LogP contribution in [0.5, 0.6) is 0 Å². The number of carbonyl (C=O) groups excluding carboxylic acids is 2. The van der Waals surface area contributed by atoms with Crippen molar-refractivity contribution in [3.8, 4) is 6.07 Å². The smallest absolute Gasteiger partial charge is 0.338 e. The number of amides is 1. The first-order chi connectivity index (χ1) is 11.6. The van der Waals surface area contributed by atoms with Gasteiger partial charge in [0.25, 0.3) is 5.91 Å². The first-order valence-corrected chi connectivity index (χ1v) is 7.27. The second-order valence-electron chi connectivity index (χ2n) is 4.96. The van der Waals surface area contributed by atoms with Crippen molar-refractivity contribution in [3.05, 3.63) is 71.0 Å². The van der Waals surface area contributed by atoms with Gasteiger partial charge in [0.2, 0.25) is 0 Å². The minimum Gasteiger partial charge on any atom is -0.452 e. The minimum atomic E-state index is -0.649. The van der Waals surface area contributed by atoms with Crippen molar-refractivity contribution in [1.29, 1.82) is 5.26 Å². The SMILES string of the molecule is N#Cc1ccc(C(=O)OCC(=O)NCCc2ccccc2F)cc1. The maximum absolute atomic E-state index is 13.4. The summed E-state index contributed by atoms with van der Waals surface area (Å²) in [5, 5.41) is 11.2. The number of halogens is 1. The van der Waals surface area contributed by atoms with Crippen LogP contribution >= 0.6 is 0 Å². The zero-order valence-corrected chi connectivity index (χ0v) is 12.8. The number of nitriles is 1. The Kier molecular flexibility index (Phi) is 6.03. The zero-order chi connectivity index (χ0) is 17.4. The molecule has 24 heavy (non-hydrogen) atoms. The van der Waals surface area contributed by atoms with Crippen molar-refractivity contribution >= 4 is 11.9 Å². The number of nitrogens with one attached hydrogen (secondary N) is 1. The molecule has 0 aromatic heterocycles. The van der Waals surface area contributed by atoms with E-state index in [4.69, 9.17) is 10.00 Å². The van der Waals surface area contributed by atoms with Crippen LogP contribution in [0.2, 0.25) is 0 Å². The molecule has 0 fully saturated rings. The van der Waals surface area contributed by atoms with E-state index in [2.05, 4.69) is 5.32 Å². The number of ether oxygens (including phenoxy) is 1. The van der Waals surface area contributed by atoms with Gasteiger partial charge in [0.1, 0.15) is 5.82 Å². The molecule has 0 radical (unpaired) electrons. The molecule has 5 nitrogen and oxygen atoms in total. The molecule has 122 valence electrons. The van der Waals surface area contributed by atoms with Crippen molar-refractivity contribution in [2.75, 3.05) is 13.2 Å². The van der Waals surface area contributed by atoms with E-state index in [9.17, 15) is 14.0 Å². The lowest BCUT2D eigenvalue weighted by Crippen LogP contribution is -2.30. The summed E-state index contributed by atoms with van der Waals surface area (Å²) >= 11 is 0. The minimum absolute atomic E-state index is 0.244. The fourth-order valence-electron chi connectivity index (χ4n) is 1.98. The number of benzene rings is 2. The lowest BCUT2D eigenvalue weighted by Gasteiger charge is -2.07. The maximum Gasteiger partial charge on any atom is 0.338 e. The summed E-state index contributed by atoms with van der Waals surface area (Å²) < 4.78 is 18.3. The fraction of sp³-hybridized carbons (Fsp3) is 0.167. The summed E-state index contributed by atoms with van der Waals surface area (Å²) in [6.45, 7) is -0.176. The van der Waals surface area contributed by atoms with E-state index < -0.39 is 18.5 Å². The van der Waals surface area contributed by atoms with Crippen molar-refractivity contribution in [3.63, 3.8) is 0 Å². The molecule has 6 heteroatoms. The van der Waals surface area contributed by atoms with E-state index in [0.29, 0.717) is 17.5 Å². The molecule has 0 spiro atoms. The van der Waals surface area contributed by atoms with Crippen LogP contribution in [0.15, 0.2) is 48.5 Å². The number of hydrogen-bond acceptors (Lipinski definition) is 4. The quantitative estimate of drug-likeness (QED) is 0.826. The Labute approximate surface area is 138 Å². The highest BCUT2D eigenvalue weighted by atomic mass is 19.1. The van der Waals surface area contributed by atoms with Gasteiger partial charge in [-0.3, -0.25) is 4.79 Å². The molecule has 2 rings (SSSR count). The zero-order valence-electron chi connectivity index (χ0n) is 12.8. The van der Waals surface area contributed by atoms with Crippen molar-refractivity contribution in [1.82, 2.24) is 5.32 Å². The fourth-order valence-corrected chi connectivity index (χ4v) is 1.98. The highest BCUT2D eigenvalue weighted by Crippen LogP contribution is 2.06. The van der Waals surface area contributed by atoms with Gasteiger partial charge in [-0.15, -0.1) is 0 Å². The first-order valence-electron chi connectivity index (χ1n) is 7.27. The van der Waals surface area contributed by atoms with Crippen LogP contribution in [0.4, 0.5) is 4.39 Å². The molecule has 1 amide bonds. The van der Waals surface area contributed by atoms with Crippen LogP contribution in [0, 0.1) is 17.1 Å². The molecular formula is C18H15FN2O3. The second kappa shape index (κ2) is 8.44. The van der Waals surface area contributed by atoms with E-state index in [1.54, 1.807) is 18.2 Å². The summed E-state index contributed by atoms with van der Waals surface area (Å²) in [6, 6.07) is 14.2. The molecule has 1 N–H and O–H groups in total. The Morgan fingerprint density at radius 3 is 2.50 bits per heavy atom. The molecular weight excluding hydrogens is 311 g/mol. The third-order valence-electron chi connectivity index (χ3n) is 3.26. The maximum atomic E-state index is 13.4. The molecule has 0 bridgehead atoms. The van der Waals surface area contributed by atoms with E-state index >= 15 is 0 Å².